The second kappa shape index (κ2) is 6.44. The maximum Gasteiger partial charge on any atom is 0.261 e. The van der Waals surface area contributed by atoms with E-state index in [0.717, 1.165) is 24.2 Å². The van der Waals surface area contributed by atoms with Crippen LogP contribution in [0.25, 0.3) is 10.9 Å². The average Bonchev–Trinajstić information content (AvgIpc) is 3.29. The number of amides is 1. The van der Waals surface area contributed by atoms with Gasteiger partial charge in [0.15, 0.2) is 0 Å². The first-order chi connectivity index (χ1) is 12.6. The maximum atomic E-state index is 13.0. The first-order valence-corrected chi connectivity index (χ1v) is 8.85. The highest BCUT2D eigenvalue weighted by molar-refractivity contribution is 5.81. The molecule has 0 N–H and O–H groups in total. The van der Waals surface area contributed by atoms with Crippen molar-refractivity contribution in [2.24, 2.45) is 0 Å². The minimum absolute atomic E-state index is 0.0166. The van der Waals surface area contributed by atoms with Crippen LogP contribution in [0.15, 0.2) is 52.1 Å². The van der Waals surface area contributed by atoms with Crippen LogP contribution in [0.3, 0.4) is 0 Å². The van der Waals surface area contributed by atoms with Crippen LogP contribution in [0.5, 0.6) is 0 Å². The number of carbonyl (C=O) groups is 1. The Morgan fingerprint density at radius 2 is 2.15 bits per heavy atom. The number of rotatable bonds is 5. The van der Waals surface area contributed by atoms with Crippen LogP contribution in [0, 0.1) is 6.92 Å². The molecule has 6 heteroatoms. The van der Waals surface area contributed by atoms with Gasteiger partial charge in [0.2, 0.25) is 5.91 Å². The minimum Gasteiger partial charge on any atom is -0.467 e. The van der Waals surface area contributed by atoms with Gasteiger partial charge in [-0.1, -0.05) is 12.1 Å². The summed E-state index contributed by atoms with van der Waals surface area (Å²) in [4.78, 5) is 32.0. The van der Waals surface area contributed by atoms with Crippen molar-refractivity contribution in [1.29, 1.82) is 0 Å². The monoisotopic (exact) mass is 351 g/mol. The van der Waals surface area contributed by atoms with Crippen molar-refractivity contribution in [2.45, 2.75) is 45.3 Å². The molecule has 1 saturated carbocycles. The normalized spacial score (nSPS) is 15.2. The molecule has 1 aliphatic carbocycles. The standard InChI is InChI=1S/C20H21N3O3/c1-13-5-3-6-16-19(13)21-12-22(20(16)25)11-18(24)23(15-8-9-15)14(2)17-7-4-10-26-17/h3-7,10,12,14-15H,8-9,11H2,1-2H3. The summed E-state index contributed by atoms with van der Waals surface area (Å²) < 4.78 is 6.87. The van der Waals surface area contributed by atoms with Gasteiger partial charge in [0, 0.05) is 6.04 Å². The first-order valence-electron chi connectivity index (χ1n) is 8.85. The number of aromatic nitrogens is 2. The molecule has 3 aromatic rings. The number of carbonyl (C=O) groups excluding carboxylic acids is 1. The van der Waals surface area contributed by atoms with Crippen molar-refractivity contribution in [3.63, 3.8) is 0 Å². The van der Waals surface area contributed by atoms with Gasteiger partial charge in [-0.2, -0.15) is 0 Å². The van der Waals surface area contributed by atoms with Crippen molar-refractivity contribution in [3.8, 4) is 0 Å². The van der Waals surface area contributed by atoms with E-state index in [9.17, 15) is 9.59 Å². The predicted molar refractivity (Wildman–Crippen MR) is 97.7 cm³/mol. The molecular weight excluding hydrogens is 330 g/mol. The highest BCUT2D eigenvalue weighted by atomic mass is 16.3. The Morgan fingerprint density at radius 1 is 1.35 bits per heavy atom. The van der Waals surface area contributed by atoms with Gasteiger partial charge in [-0.3, -0.25) is 14.2 Å². The van der Waals surface area contributed by atoms with E-state index >= 15 is 0 Å². The molecule has 26 heavy (non-hydrogen) atoms. The maximum absolute atomic E-state index is 13.0. The SMILES string of the molecule is Cc1cccc2c(=O)n(CC(=O)N(C3CC3)C(C)c3ccco3)cnc12. The van der Waals surface area contributed by atoms with E-state index in [1.807, 2.05) is 43.0 Å². The highest BCUT2D eigenvalue weighted by Crippen LogP contribution is 2.34. The predicted octanol–water partition coefficient (Wildman–Crippen LogP) is 3.05. The van der Waals surface area contributed by atoms with Crippen LogP contribution in [0.1, 0.15) is 37.1 Å². The van der Waals surface area contributed by atoms with E-state index in [4.69, 9.17) is 4.42 Å². The van der Waals surface area contributed by atoms with Gasteiger partial charge in [0.25, 0.3) is 5.56 Å². The van der Waals surface area contributed by atoms with Crippen LogP contribution in [-0.2, 0) is 11.3 Å². The third kappa shape index (κ3) is 2.92. The Kier molecular flexibility index (Phi) is 4.11. The highest BCUT2D eigenvalue weighted by Gasteiger charge is 2.37. The molecule has 1 aliphatic rings. The smallest absolute Gasteiger partial charge is 0.261 e. The van der Waals surface area contributed by atoms with E-state index in [0.29, 0.717) is 10.9 Å². The van der Waals surface area contributed by atoms with Gasteiger partial charge >= 0.3 is 0 Å². The van der Waals surface area contributed by atoms with E-state index < -0.39 is 0 Å². The lowest BCUT2D eigenvalue weighted by Gasteiger charge is -2.28. The van der Waals surface area contributed by atoms with Gasteiger partial charge in [-0.25, -0.2) is 4.98 Å². The number of aryl methyl sites for hydroxylation is 1. The van der Waals surface area contributed by atoms with Gasteiger partial charge in [0.1, 0.15) is 12.3 Å². The van der Waals surface area contributed by atoms with Crippen molar-refractivity contribution >= 4 is 16.8 Å². The quantitative estimate of drug-likeness (QED) is 0.708. The average molecular weight is 351 g/mol. The third-order valence-electron chi connectivity index (χ3n) is 4.96. The number of fused-ring (bicyclic) bond motifs is 1. The number of nitrogens with zero attached hydrogens (tertiary/aromatic N) is 3. The summed E-state index contributed by atoms with van der Waals surface area (Å²) in [5, 5.41) is 0.539. The molecule has 134 valence electrons. The second-order valence-corrected chi connectivity index (χ2v) is 6.87. The molecule has 6 nitrogen and oxygen atoms in total. The summed E-state index contributed by atoms with van der Waals surface area (Å²) in [6, 6.07) is 9.27. The Morgan fingerprint density at radius 3 is 2.85 bits per heavy atom. The van der Waals surface area contributed by atoms with Crippen LogP contribution >= 0.6 is 0 Å². The molecule has 4 rings (SSSR count). The fourth-order valence-electron chi connectivity index (χ4n) is 3.43. The fourth-order valence-corrected chi connectivity index (χ4v) is 3.43. The topological polar surface area (TPSA) is 68.3 Å². The number of para-hydroxylation sites is 1. The van der Waals surface area contributed by atoms with Crippen molar-refractivity contribution in [2.75, 3.05) is 0 Å². The lowest BCUT2D eigenvalue weighted by atomic mass is 10.1. The molecular formula is C20H21N3O3. The first kappa shape index (κ1) is 16.6. The number of hydrogen-bond acceptors (Lipinski definition) is 4. The Hall–Kier alpha value is -2.89. The molecule has 0 saturated heterocycles. The van der Waals surface area contributed by atoms with Crippen LogP contribution in [-0.4, -0.2) is 26.4 Å². The number of hydrogen-bond donors (Lipinski definition) is 0. The molecule has 1 atom stereocenters. The van der Waals surface area contributed by atoms with Gasteiger partial charge in [-0.05, 0) is 50.5 Å². The van der Waals surface area contributed by atoms with Crippen LogP contribution in [0.2, 0.25) is 0 Å². The van der Waals surface area contributed by atoms with Gasteiger partial charge in [0.05, 0.1) is 29.5 Å². The Balaban J connectivity index is 1.63. The van der Waals surface area contributed by atoms with Crippen LogP contribution < -0.4 is 5.56 Å². The zero-order valence-electron chi connectivity index (χ0n) is 14.9. The molecule has 2 heterocycles. The van der Waals surface area contributed by atoms with Crippen molar-refractivity contribution in [1.82, 2.24) is 14.5 Å². The molecule has 2 aromatic heterocycles. The van der Waals surface area contributed by atoms with Crippen molar-refractivity contribution < 1.29 is 9.21 Å². The lowest BCUT2D eigenvalue weighted by Crippen LogP contribution is -2.39. The van der Waals surface area contributed by atoms with Crippen molar-refractivity contribution in [3.05, 3.63) is 64.6 Å². The summed E-state index contributed by atoms with van der Waals surface area (Å²) in [6.07, 6.45) is 5.06. The molecule has 1 fully saturated rings. The molecule has 0 spiro atoms. The fraction of sp³-hybridized carbons (Fsp3) is 0.350. The summed E-state index contributed by atoms with van der Waals surface area (Å²) in [5.74, 6) is 0.664. The number of furan rings is 1. The summed E-state index contributed by atoms with van der Waals surface area (Å²) in [5.41, 5.74) is 1.45. The summed E-state index contributed by atoms with van der Waals surface area (Å²) in [7, 11) is 0. The second-order valence-electron chi connectivity index (χ2n) is 6.87. The zero-order chi connectivity index (χ0) is 18.3. The Labute approximate surface area is 151 Å². The lowest BCUT2D eigenvalue weighted by molar-refractivity contribution is -0.135. The molecule has 0 aliphatic heterocycles. The molecule has 0 bridgehead atoms. The van der Waals surface area contributed by atoms with Gasteiger partial charge < -0.3 is 9.32 Å². The summed E-state index contributed by atoms with van der Waals surface area (Å²) in [6.45, 7) is 3.86. The molecule has 0 radical (unpaired) electrons. The molecule has 1 amide bonds. The van der Waals surface area contributed by atoms with Gasteiger partial charge in [-0.15, -0.1) is 0 Å². The Bertz CT molecular complexity index is 1000. The third-order valence-corrected chi connectivity index (χ3v) is 4.96. The van der Waals surface area contributed by atoms with E-state index in [1.54, 1.807) is 12.3 Å². The van der Waals surface area contributed by atoms with E-state index in [-0.39, 0.29) is 30.1 Å². The zero-order valence-corrected chi connectivity index (χ0v) is 14.9. The number of benzene rings is 1. The van der Waals surface area contributed by atoms with E-state index in [1.165, 1.54) is 10.9 Å². The molecule has 1 aromatic carbocycles. The van der Waals surface area contributed by atoms with E-state index in [2.05, 4.69) is 4.98 Å². The summed E-state index contributed by atoms with van der Waals surface area (Å²) >= 11 is 0. The minimum atomic E-state index is -0.187. The largest absolute Gasteiger partial charge is 0.467 e. The van der Waals surface area contributed by atoms with Crippen LogP contribution in [0.4, 0.5) is 0 Å². The molecule has 1 unspecified atom stereocenters.